The van der Waals surface area contributed by atoms with Crippen molar-refractivity contribution in [2.45, 2.75) is 34.3 Å². The first-order chi connectivity index (χ1) is 9.73. The summed E-state index contributed by atoms with van der Waals surface area (Å²) in [5.74, 6) is -0.305. The summed E-state index contributed by atoms with van der Waals surface area (Å²) in [6.45, 7) is 8.45. The van der Waals surface area contributed by atoms with Gasteiger partial charge in [-0.3, -0.25) is 4.79 Å². The van der Waals surface area contributed by atoms with Crippen molar-refractivity contribution in [1.82, 2.24) is 0 Å². The second-order valence-electron chi connectivity index (χ2n) is 6.31. The fourth-order valence-corrected chi connectivity index (χ4v) is 2.98. The third-order valence-electron chi connectivity index (χ3n) is 4.42. The van der Waals surface area contributed by atoms with Gasteiger partial charge in [-0.25, -0.2) is 0 Å². The Hall–Kier alpha value is -0.990. The third-order valence-corrected chi connectivity index (χ3v) is 4.67. The number of ether oxygens (including phenoxy) is 1. The molecule has 0 radical (unpaired) electrons. The van der Waals surface area contributed by atoms with Crippen LogP contribution < -0.4 is 0 Å². The Balaban J connectivity index is 1.97. The van der Waals surface area contributed by atoms with Gasteiger partial charge in [0.1, 0.15) is 11.1 Å². The number of hydrogen-bond donors (Lipinski definition) is 0. The predicted molar refractivity (Wildman–Crippen MR) is 86.3 cm³/mol. The van der Waals surface area contributed by atoms with Crippen molar-refractivity contribution in [2.75, 3.05) is 0 Å². The zero-order valence-corrected chi connectivity index (χ0v) is 14.3. The highest BCUT2D eigenvalue weighted by molar-refractivity contribution is 6.55. The molecule has 0 aliphatic heterocycles. The first-order valence-electron chi connectivity index (χ1n) is 6.99. The Morgan fingerprint density at radius 1 is 1.29 bits per heavy atom. The maximum absolute atomic E-state index is 12.2. The van der Waals surface area contributed by atoms with E-state index in [0.717, 1.165) is 5.56 Å². The second-order valence-corrected chi connectivity index (χ2v) is 7.32. The quantitative estimate of drug-likeness (QED) is 0.732. The van der Waals surface area contributed by atoms with Crippen LogP contribution in [0.5, 0.6) is 0 Å². The van der Waals surface area contributed by atoms with E-state index in [1.807, 2.05) is 39.0 Å². The fraction of sp³-hybridized carbons (Fsp3) is 0.471. The Bertz CT molecular complexity index is 586. The number of hydrogen-bond acceptors (Lipinski definition) is 2. The van der Waals surface area contributed by atoms with Crippen LogP contribution in [-0.2, 0) is 16.1 Å². The van der Waals surface area contributed by atoms with Gasteiger partial charge in [-0.2, -0.15) is 0 Å². The number of rotatable bonds is 4. The number of allylic oxidation sites excluding steroid dienone is 1. The lowest BCUT2D eigenvalue weighted by Gasteiger charge is -2.08. The van der Waals surface area contributed by atoms with Crippen LogP contribution >= 0.6 is 23.2 Å². The van der Waals surface area contributed by atoms with Gasteiger partial charge in [-0.1, -0.05) is 55.2 Å². The first kappa shape index (κ1) is 16.4. The average molecular weight is 327 g/mol. The van der Waals surface area contributed by atoms with Crippen LogP contribution in [0.15, 0.2) is 28.8 Å². The molecule has 0 saturated heterocycles. The van der Waals surface area contributed by atoms with Gasteiger partial charge >= 0.3 is 5.97 Å². The summed E-state index contributed by atoms with van der Waals surface area (Å²) < 4.78 is 5.65. The van der Waals surface area contributed by atoms with E-state index in [1.165, 1.54) is 11.1 Å². The summed E-state index contributed by atoms with van der Waals surface area (Å²) in [7, 11) is 0. The molecule has 114 valence electrons. The van der Waals surface area contributed by atoms with Gasteiger partial charge in [-0.15, -0.1) is 0 Å². The van der Waals surface area contributed by atoms with Gasteiger partial charge in [0, 0.05) is 0 Å². The lowest BCUT2D eigenvalue weighted by atomic mass is 10.1. The molecule has 1 aromatic rings. The third kappa shape index (κ3) is 3.61. The number of esters is 1. The largest absolute Gasteiger partial charge is 0.461 e. The number of aryl methyl sites for hydroxylation is 2. The topological polar surface area (TPSA) is 26.3 Å². The van der Waals surface area contributed by atoms with Crippen molar-refractivity contribution in [3.05, 3.63) is 45.5 Å². The smallest absolute Gasteiger partial charge is 0.310 e. The molecule has 2 nitrogen and oxygen atoms in total. The van der Waals surface area contributed by atoms with E-state index in [0.29, 0.717) is 6.61 Å². The van der Waals surface area contributed by atoms with E-state index < -0.39 is 0 Å². The summed E-state index contributed by atoms with van der Waals surface area (Å²) >= 11 is 11.4. The predicted octanol–water partition coefficient (Wildman–Crippen LogP) is 4.94. The van der Waals surface area contributed by atoms with Crippen LogP contribution in [0, 0.1) is 31.1 Å². The van der Waals surface area contributed by atoms with Gasteiger partial charge in [0.2, 0.25) is 0 Å². The molecule has 21 heavy (non-hydrogen) atoms. The second kappa shape index (κ2) is 6.02. The van der Waals surface area contributed by atoms with E-state index in [2.05, 4.69) is 6.92 Å². The van der Waals surface area contributed by atoms with E-state index in [4.69, 9.17) is 27.9 Å². The van der Waals surface area contributed by atoms with Crippen LogP contribution in [0.25, 0.3) is 0 Å². The number of halogens is 2. The molecule has 0 N–H and O–H groups in total. The minimum atomic E-state index is -0.186. The summed E-state index contributed by atoms with van der Waals surface area (Å²) in [6, 6.07) is 6.08. The number of carbonyl (C=O) groups is 1. The lowest BCUT2D eigenvalue weighted by Crippen LogP contribution is -2.10. The standard InChI is InChI=1S/C17H20Cl2O2/c1-10-5-6-12(7-11(10)2)9-21-16(20)15-13(8-14(18)19)17(15,3)4/h5-8,13,15H,9H2,1-4H3. The zero-order chi connectivity index (χ0) is 15.8. The molecule has 0 aromatic heterocycles. The minimum Gasteiger partial charge on any atom is -0.461 e. The van der Waals surface area contributed by atoms with Crippen LogP contribution in [0.1, 0.15) is 30.5 Å². The molecule has 2 rings (SSSR count). The molecule has 4 heteroatoms. The van der Waals surface area contributed by atoms with Gasteiger partial charge < -0.3 is 4.74 Å². The zero-order valence-electron chi connectivity index (χ0n) is 12.7. The normalized spacial score (nSPS) is 22.6. The van der Waals surface area contributed by atoms with Crippen molar-refractivity contribution in [3.8, 4) is 0 Å². The molecule has 0 heterocycles. The van der Waals surface area contributed by atoms with Crippen LogP contribution in [0.3, 0.4) is 0 Å². The first-order valence-corrected chi connectivity index (χ1v) is 7.74. The highest BCUT2D eigenvalue weighted by atomic mass is 35.5. The maximum atomic E-state index is 12.2. The average Bonchev–Trinajstić information content (AvgIpc) is 2.91. The van der Waals surface area contributed by atoms with Gasteiger partial charge in [0.25, 0.3) is 0 Å². The van der Waals surface area contributed by atoms with Crippen LogP contribution in [0.2, 0.25) is 0 Å². The molecule has 2 unspecified atom stereocenters. The fourth-order valence-electron chi connectivity index (χ4n) is 2.71. The molecule has 1 aliphatic rings. The maximum Gasteiger partial charge on any atom is 0.310 e. The van der Waals surface area contributed by atoms with Crippen LogP contribution in [0.4, 0.5) is 0 Å². The molecule has 1 saturated carbocycles. The molecular formula is C17H20Cl2O2. The number of carbonyl (C=O) groups excluding carboxylic acids is 1. The Kier molecular flexibility index (Phi) is 4.69. The van der Waals surface area contributed by atoms with Crippen molar-refractivity contribution in [1.29, 1.82) is 0 Å². The highest BCUT2D eigenvalue weighted by Gasteiger charge is 2.61. The van der Waals surface area contributed by atoms with Gasteiger partial charge in [0.05, 0.1) is 5.92 Å². The summed E-state index contributed by atoms with van der Waals surface area (Å²) in [4.78, 5) is 12.2. The molecule has 2 atom stereocenters. The monoisotopic (exact) mass is 326 g/mol. The lowest BCUT2D eigenvalue weighted by molar-refractivity contribution is -0.147. The minimum absolute atomic E-state index is 0.0507. The van der Waals surface area contributed by atoms with Crippen LogP contribution in [-0.4, -0.2) is 5.97 Å². The highest BCUT2D eigenvalue weighted by Crippen LogP contribution is 2.60. The Morgan fingerprint density at radius 2 is 1.95 bits per heavy atom. The van der Waals surface area contributed by atoms with Crippen molar-refractivity contribution < 1.29 is 9.53 Å². The molecule has 0 spiro atoms. The Morgan fingerprint density at radius 3 is 2.52 bits per heavy atom. The van der Waals surface area contributed by atoms with Crippen molar-refractivity contribution in [3.63, 3.8) is 0 Å². The van der Waals surface area contributed by atoms with E-state index >= 15 is 0 Å². The number of benzene rings is 1. The summed E-state index contributed by atoms with van der Waals surface area (Å²) in [6.07, 6.45) is 1.73. The Labute approximate surface area is 136 Å². The van der Waals surface area contributed by atoms with Crippen molar-refractivity contribution in [2.24, 2.45) is 17.3 Å². The van der Waals surface area contributed by atoms with Crippen molar-refractivity contribution >= 4 is 29.2 Å². The summed E-state index contributed by atoms with van der Waals surface area (Å²) in [5, 5.41) is 0. The molecule has 1 fully saturated rings. The molecular weight excluding hydrogens is 307 g/mol. The molecule has 0 bridgehead atoms. The van der Waals surface area contributed by atoms with E-state index in [9.17, 15) is 4.79 Å². The molecule has 1 aliphatic carbocycles. The van der Waals surface area contributed by atoms with Gasteiger partial charge in [-0.05, 0) is 47.9 Å². The molecule has 0 amide bonds. The summed E-state index contributed by atoms with van der Waals surface area (Å²) in [5.41, 5.74) is 3.29. The van der Waals surface area contributed by atoms with E-state index in [1.54, 1.807) is 6.08 Å². The van der Waals surface area contributed by atoms with Gasteiger partial charge in [0.15, 0.2) is 0 Å². The molecule has 1 aromatic carbocycles. The SMILES string of the molecule is Cc1ccc(COC(=O)C2C(C=C(Cl)Cl)C2(C)C)cc1C. The van der Waals surface area contributed by atoms with E-state index in [-0.39, 0.29) is 27.7 Å².